The van der Waals surface area contributed by atoms with Gasteiger partial charge in [0, 0.05) is 26.6 Å². The minimum Gasteiger partial charge on any atom is -0.245 e. The van der Waals surface area contributed by atoms with Crippen molar-refractivity contribution in [1.29, 1.82) is 0 Å². The van der Waals surface area contributed by atoms with E-state index in [1.165, 1.54) is 0 Å². The molecule has 1 heterocycles. The summed E-state index contributed by atoms with van der Waals surface area (Å²) in [5.41, 5.74) is 6.11. The maximum Gasteiger partial charge on any atom is 0.244 e. The molecule has 28 heavy (non-hydrogen) atoms. The van der Waals surface area contributed by atoms with Crippen molar-refractivity contribution in [3.05, 3.63) is 87.4 Å². The minimum atomic E-state index is 0.370. The summed E-state index contributed by atoms with van der Waals surface area (Å²) in [6.45, 7) is 0. The molecule has 0 aliphatic heterocycles. The van der Waals surface area contributed by atoms with E-state index in [1.54, 1.807) is 30.5 Å². The monoisotopic (exact) mass is 426 g/mol. The van der Waals surface area contributed by atoms with Crippen LogP contribution in [0.5, 0.6) is 0 Å². The van der Waals surface area contributed by atoms with Gasteiger partial charge in [-0.15, -0.1) is 0 Å². The zero-order chi connectivity index (χ0) is 19.5. The van der Waals surface area contributed by atoms with Gasteiger partial charge in [0.25, 0.3) is 0 Å². The maximum absolute atomic E-state index is 6.18. The number of rotatable bonds is 4. The lowest BCUT2D eigenvalue weighted by molar-refractivity contribution is 1.16. The number of anilines is 1. The number of halogens is 3. The van der Waals surface area contributed by atoms with E-state index in [9.17, 15) is 0 Å². The molecule has 4 nitrogen and oxygen atoms in total. The Bertz CT molecular complexity index is 1180. The van der Waals surface area contributed by atoms with Gasteiger partial charge in [0.1, 0.15) is 0 Å². The molecule has 4 rings (SSSR count). The summed E-state index contributed by atoms with van der Waals surface area (Å²) in [7, 11) is 0. The Morgan fingerprint density at radius 1 is 0.821 bits per heavy atom. The second-order valence-electron chi connectivity index (χ2n) is 5.96. The summed E-state index contributed by atoms with van der Waals surface area (Å²) in [6.07, 6.45) is 1.59. The van der Waals surface area contributed by atoms with Crippen molar-refractivity contribution in [2.75, 3.05) is 5.43 Å². The van der Waals surface area contributed by atoms with Gasteiger partial charge in [-0.25, -0.2) is 15.4 Å². The molecule has 0 bridgehead atoms. The number of nitrogens with one attached hydrogen (secondary N) is 1. The molecule has 0 radical (unpaired) electrons. The van der Waals surface area contributed by atoms with E-state index in [0.717, 1.165) is 27.7 Å². The van der Waals surface area contributed by atoms with Crippen molar-refractivity contribution in [3.63, 3.8) is 0 Å². The van der Waals surface area contributed by atoms with Crippen molar-refractivity contribution >= 4 is 57.9 Å². The van der Waals surface area contributed by atoms with Gasteiger partial charge in [0.05, 0.1) is 22.4 Å². The molecule has 138 valence electrons. The number of hydrogen-bond donors (Lipinski definition) is 1. The summed E-state index contributed by atoms with van der Waals surface area (Å²) in [4.78, 5) is 9.15. The molecule has 4 aromatic rings. The molecule has 1 N–H and O–H groups in total. The van der Waals surface area contributed by atoms with Crippen LogP contribution in [0.4, 0.5) is 5.95 Å². The van der Waals surface area contributed by atoms with Crippen LogP contribution in [0.15, 0.2) is 71.8 Å². The first-order chi connectivity index (χ1) is 13.6. The van der Waals surface area contributed by atoms with Crippen LogP contribution in [-0.2, 0) is 0 Å². The molecule has 0 spiro atoms. The second kappa shape index (κ2) is 8.15. The Morgan fingerprint density at radius 2 is 1.57 bits per heavy atom. The summed E-state index contributed by atoms with van der Waals surface area (Å²) < 4.78 is 0. The van der Waals surface area contributed by atoms with E-state index in [4.69, 9.17) is 34.8 Å². The topological polar surface area (TPSA) is 50.2 Å². The lowest BCUT2D eigenvalue weighted by Crippen LogP contribution is -2.00. The molecule has 0 amide bonds. The molecule has 0 saturated heterocycles. The van der Waals surface area contributed by atoms with Crippen LogP contribution in [-0.4, -0.2) is 16.2 Å². The molecule has 0 aliphatic rings. The molecule has 0 aliphatic carbocycles. The van der Waals surface area contributed by atoms with Gasteiger partial charge in [0.2, 0.25) is 5.95 Å². The van der Waals surface area contributed by atoms with Gasteiger partial charge in [-0.2, -0.15) is 5.10 Å². The molecule has 1 aromatic heterocycles. The molecule has 3 aromatic carbocycles. The van der Waals surface area contributed by atoms with E-state index in [2.05, 4.69) is 20.5 Å². The highest BCUT2D eigenvalue weighted by molar-refractivity contribution is 6.36. The highest BCUT2D eigenvalue weighted by Gasteiger charge is 2.10. The van der Waals surface area contributed by atoms with E-state index in [-0.39, 0.29) is 0 Å². The van der Waals surface area contributed by atoms with E-state index in [1.807, 2.05) is 42.5 Å². The van der Waals surface area contributed by atoms with Crippen molar-refractivity contribution in [2.24, 2.45) is 5.10 Å². The van der Waals surface area contributed by atoms with Gasteiger partial charge in [-0.05, 0) is 30.3 Å². The lowest BCUT2D eigenvalue weighted by atomic mass is 10.1. The third kappa shape index (κ3) is 4.09. The normalized spacial score (nSPS) is 11.2. The number of hydrogen-bond acceptors (Lipinski definition) is 4. The summed E-state index contributed by atoms with van der Waals surface area (Å²) in [6, 6.07) is 20.6. The number of nitrogens with zero attached hydrogens (tertiary/aromatic N) is 3. The molecular weight excluding hydrogens is 415 g/mol. The maximum atomic E-state index is 6.18. The molecule has 7 heteroatoms. The summed E-state index contributed by atoms with van der Waals surface area (Å²) in [5.74, 6) is 0.370. The fourth-order valence-corrected chi connectivity index (χ4v) is 3.36. The molecule has 0 fully saturated rings. The van der Waals surface area contributed by atoms with Crippen LogP contribution in [0.3, 0.4) is 0 Å². The van der Waals surface area contributed by atoms with Crippen LogP contribution >= 0.6 is 34.8 Å². The van der Waals surface area contributed by atoms with Gasteiger partial charge < -0.3 is 0 Å². The van der Waals surface area contributed by atoms with E-state index >= 15 is 0 Å². The van der Waals surface area contributed by atoms with Crippen molar-refractivity contribution in [2.45, 2.75) is 0 Å². The Hall–Kier alpha value is -2.66. The first-order valence-corrected chi connectivity index (χ1v) is 9.50. The Kier molecular flexibility index (Phi) is 5.44. The smallest absolute Gasteiger partial charge is 0.244 e. The Labute approximate surface area is 176 Å². The standard InChI is InChI=1S/C21H13Cl3N4/c22-15-8-9-19-17(10-15)20(13-4-2-1-3-5-13)27-21(26-19)28-25-12-14-6-7-16(23)11-18(14)24/h1-12H,(H,26,27,28). The third-order valence-corrected chi connectivity index (χ3v) is 4.83. The van der Waals surface area contributed by atoms with Gasteiger partial charge in [0.15, 0.2) is 0 Å². The summed E-state index contributed by atoms with van der Waals surface area (Å²) in [5, 5.41) is 6.79. The predicted octanol–water partition coefficient (Wildman–Crippen LogP) is 6.70. The Balaban J connectivity index is 1.71. The minimum absolute atomic E-state index is 0.370. The van der Waals surface area contributed by atoms with E-state index in [0.29, 0.717) is 21.0 Å². The number of fused-ring (bicyclic) bond motifs is 1. The fraction of sp³-hybridized carbons (Fsp3) is 0. The van der Waals surface area contributed by atoms with E-state index < -0.39 is 0 Å². The second-order valence-corrected chi connectivity index (χ2v) is 7.24. The number of hydrazone groups is 1. The quantitative estimate of drug-likeness (QED) is 0.291. The molecular formula is C21H13Cl3N4. The zero-order valence-corrected chi connectivity index (χ0v) is 16.7. The van der Waals surface area contributed by atoms with Gasteiger partial charge in [-0.1, -0.05) is 71.2 Å². The number of benzene rings is 3. The predicted molar refractivity (Wildman–Crippen MR) is 118 cm³/mol. The highest BCUT2D eigenvalue weighted by Crippen LogP contribution is 2.29. The van der Waals surface area contributed by atoms with Gasteiger partial charge in [-0.3, -0.25) is 0 Å². The summed E-state index contributed by atoms with van der Waals surface area (Å²) >= 11 is 18.3. The first kappa shape index (κ1) is 18.7. The van der Waals surface area contributed by atoms with Crippen LogP contribution in [0.25, 0.3) is 22.2 Å². The van der Waals surface area contributed by atoms with Crippen molar-refractivity contribution in [3.8, 4) is 11.3 Å². The Morgan fingerprint density at radius 3 is 2.36 bits per heavy atom. The first-order valence-electron chi connectivity index (χ1n) is 8.37. The average Bonchev–Trinajstić information content (AvgIpc) is 2.70. The molecule has 0 atom stereocenters. The lowest BCUT2D eigenvalue weighted by Gasteiger charge is -2.09. The van der Waals surface area contributed by atoms with Crippen LogP contribution in [0, 0.1) is 0 Å². The molecule has 0 unspecified atom stereocenters. The molecule has 0 saturated carbocycles. The third-order valence-electron chi connectivity index (χ3n) is 4.04. The highest BCUT2D eigenvalue weighted by atomic mass is 35.5. The van der Waals surface area contributed by atoms with Crippen LogP contribution < -0.4 is 5.43 Å². The SMILES string of the molecule is Clc1ccc(C=NNc2nc(-c3ccccc3)c3cc(Cl)ccc3n2)c(Cl)c1. The fourth-order valence-electron chi connectivity index (χ4n) is 2.73. The number of aromatic nitrogens is 2. The average molecular weight is 428 g/mol. The van der Waals surface area contributed by atoms with Crippen LogP contribution in [0.2, 0.25) is 15.1 Å². The van der Waals surface area contributed by atoms with Crippen molar-refractivity contribution < 1.29 is 0 Å². The largest absolute Gasteiger partial charge is 0.245 e. The zero-order valence-electron chi connectivity index (χ0n) is 14.4. The van der Waals surface area contributed by atoms with Crippen LogP contribution in [0.1, 0.15) is 5.56 Å². The van der Waals surface area contributed by atoms with Crippen molar-refractivity contribution in [1.82, 2.24) is 9.97 Å². The van der Waals surface area contributed by atoms with Gasteiger partial charge >= 0.3 is 0 Å².